The molecule has 0 aromatic rings. The third kappa shape index (κ3) is 2.49. The van der Waals surface area contributed by atoms with E-state index in [1.165, 1.54) is 0 Å². The van der Waals surface area contributed by atoms with Crippen LogP contribution < -0.4 is 0 Å². The molecule has 3 nitrogen and oxygen atoms in total. The van der Waals surface area contributed by atoms with E-state index >= 15 is 0 Å². The number of esters is 1. The van der Waals surface area contributed by atoms with E-state index in [0.717, 1.165) is 38.5 Å². The Bertz CT molecular complexity index is 256. The van der Waals surface area contributed by atoms with Gasteiger partial charge in [-0.25, -0.2) is 4.79 Å². The molecular weight excluding hydrogens is 216 g/mol. The van der Waals surface area contributed by atoms with Crippen LogP contribution in [0.25, 0.3) is 0 Å². The third-order valence-electron chi connectivity index (χ3n) is 3.58. The molecule has 1 aliphatic rings. The van der Waals surface area contributed by atoms with Crippen LogP contribution in [0.2, 0.25) is 0 Å². The first-order valence-electron chi connectivity index (χ1n) is 6.99. The summed E-state index contributed by atoms with van der Waals surface area (Å²) in [6.07, 6.45) is 5.74. The summed E-state index contributed by atoms with van der Waals surface area (Å²) in [4.78, 5) is 12.1. The fourth-order valence-electron chi connectivity index (χ4n) is 2.95. The largest absolute Gasteiger partial charge is 0.464 e. The van der Waals surface area contributed by atoms with Gasteiger partial charge in [0, 0.05) is 0 Å². The van der Waals surface area contributed by atoms with Crippen LogP contribution in [0.1, 0.15) is 66.2 Å². The fraction of sp³-hybridized carbons (Fsp3) is 0.929. The predicted molar refractivity (Wildman–Crippen MR) is 67.9 cm³/mol. The van der Waals surface area contributed by atoms with Gasteiger partial charge in [0.25, 0.3) is 0 Å². The molecule has 0 aromatic heterocycles. The predicted octanol–water partition coefficient (Wildman–Crippen LogP) is 3.46. The number of ether oxygens (including phenoxy) is 2. The Morgan fingerprint density at radius 3 is 1.94 bits per heavy atom. The Morgan fingerprint density at radius 2 is 1.53 bits per heavy atom. The van der Waals surface area contributed by atoms with Crippen molar-refractivity contribution in [3.63, 3.8) is 0 Å². The lowest BCUT2D eigenvalue weighted by Gasteiger charge is -2.17. The highest BCUT2D eigenvalue weighted by atomic mass is 16.7. The first-order valence-corrected chi connectivity index (χ1v) is 6.99. The number of epoxide rings is 1. The molecule has 1 aliphatic heterocycles. The Kier molecular flexibility index (Phi) is 4.99. The highest BCUT2D eigenvalue weighted by Gasteiger charge is 2.73. The second kappa shape index (κ2) is 5.85. The zero-order valence-electron chi connectivity index (χ0n) is 11.7. The van der Waals surface area contributed by atoms with Crippen molar-refractivity contribution in [3.05, 3.63) is 0 Å². The summed E-state index contributed by atoms with van der Waals surface area (Å²) in [5.74, 6) is -0.149. The maximum Gasteiger partial charge on any atom is 0.341 e. The van der Waals surface area contributed by atoms with E-state index in [0.29, 0.717) is 6.61 Å². The van der Waals surface area contributed by atoms with Crippen molar-refractivity contribution in [2.24, 2.45) is 0 Å². The molecule has 0 aliphatic carbocycles. The summed E-state index contributed by atoms with van der Waals surface area (Å²) in [7, 11) is 0. The average Bonchev–Trinajstić information content (AvgIpc) is 2.89. The molecule has 1 unspecified atom stereocenters. The van der Waals surface area contributed by atoms with Gasteiger partial charge >= 0.3 is 5.97 Å². The minimum atomic E-state index is -0.635. The highest BCUT2D eigenvalue weighted by molar-refractivity contribution is 5.85. The Balaban J connectivity index is 2.83. The second-order valence-electron chi connectivity index (χ2n) is 4.89. The average molecular weight is 242 g/mol. The van der Waals surface area contributed by atoms with Gasteiger partial charge in [0.1, 0.15) is 5.60 Å². The van der Waals surface area contributed by atoms with Gasteiger partial charge in [-0.3, -0.25) is 0 Å². The smallest absolute Gasteiger partial charge is 0.341 e. The van der Waals surface area contributed by atoms with E-state index in [9.17, 15) is 4.79 Å². The standard InChI is InChI=1S/C14H26O3/c1-5-9-13(10-6-2)14(17-13,11-7-3)12(15)16-8-4/h5-11H2,1-4H3. The van der Waals surface area contributed by atoms with Crippen LogP contribution in [0.15, 0.2) is 0 Å². The second-order valence-corrected chi connectivity index (χ2v) is 4.89. The van der Waals surface area contributed by atoms with E-state index in [4.69, 9.17) is 9.47 Å². The minimum absolute atomic E-state index is 0.149. The van der Waals surface area contributed by atoms with Gasteiger partial charge in [-0.15, -0.1) is 0 Å². The molecule has 1 heterocycles. The van der Waals surface area contributed by atoms with Gasteiger partial charge in [0.15, 0.2) is 5.60 Å². The van der Waals surface area contributed by atoms with Crippen molar-refractivity contribution >= 4 is 5.97 Å². The quantitative estimate of drug-likeness (QED) is 0.483. The SMILES string of the molecule is CCCC1(CCC)OC1(CCC)C(=O)OCC. The van der Waals surface area contributed by atoms with Crippen LogP contribution in [0.3, 0.4) is 0 Å². The van der Waals surface area contributed by atoms with Crippen LogP contribution >= 0.6 is 0 Å². The lowest BCUT2D eigenvalue weighted by atomic mass is 9.82. The van der Waals surface area contributed by atoms with Crippen LogP contribution in [0.5, 0.6) is 0 Å². The number of carbonyl (C=O) groups excluding carboxylic acids is 1. The number of hydrogen-bond acceptors (Lipinski definition) is 3. The van der Waals surface area contributed by atoms with Gasteiger partial charge in [-0.05, 0) is 26.2 Å². The van der Waals surface area contributed by atoms with Crippen molar-refractivity contribution < 1.29 is 14.3 Å². The number of rotatable bonds is 8. The van der Waals surface area contributed by atoms with E-state index < -0.39 is 5.60 Å². The summed E-state index contributed by atoms with van der Waals surface area (Å²) in [5.41, 5.74) is -0.872. The molecule has 1 rings (SSSR count). The van der Waals surface area contributed by atoms with Gasteiger partial charge in [-0.1, -0.05) is 40.0 Å². The van der Waals surface area contributed by atoms with Gasteiger partial charge in [0.05, 0.1) is 6.61 Å². The van der Waals surface area contributed by atoms with Crippen LogP contribution in [-0.4, -0.2) is 23.8 Å². The van der Waals surface area contributed by atoms with Crippen LogP contribution in [-0.2, 0) is 14.3 Å². The number of hydrogen-bond donors (Lipinski definition) is 0. The summed E-state index contributed by atoms with van der Waals surface area (Å²) in [6.45, 7) is 8.65. The van der Waals surface area contributed by atoms with E-state index in [2.05, 4.69) is 20.8 Å². The molecule has 1 fully saturated rings. The summed E-state index contributed by atoms with van der Waals surface area (Å²) in [6, 6.07) is 0. The summed E-state index contributed by atoms with van der Waals surface area (Å²) in [5, 5.41) is 0. The lowest BCUT2D eigenvalue weighted by Crippen LogP contribution is -2.36. The summed E-state index contributed by atoms with van der Waals surface area (Å²) < 4.78 is 11.2. The van der Waals surface area contributed by atoms with E-state index in [1.54, 1.807) is 0 Å². The van der Waals surface area contributed by atoms with Gasteiger partial charge < -0.3 is 9.47 Å². The molecule has 0 amide bonds. The number of carbonyl (C=O) groups is 1. The van der Waals surface area contributed by atoms with E-state index in [1.807, 2.05) is 6.92 Å². The van der Waals surface area contributed by atoms with E-state index in [-0.39, 0.29) is 11.6 Å². The maximum absolute atomic E-state index is 12.1. The minimum Gasteiger partial charge on any atom is -0.464 e. The molecule has 0 bridgehead atoms. The highest BCUT2D eigenvalue weighted by Crippen LogP contribution is 2.57. The van der Waals surface area contributed by atoms with Crippen molar-refractivity contribution in [2.45, 2.75) is 77.4 Å². The monoisotopic (exact) mass is 242 g/mol. The van der Waals surface area contributed by atoms with Crippen molar-refractivity contribution in [1.82, 2.24) is 0 Å². The summed E-state index contributed by atoms with van der Waals surface area (Å²) >= 11 is 0. The zero-order valence-corrected chi connectivity index (χ0v) is 11.7. The fourth-order valence-corrected chi connectivity index (χ4v) is 2.95. The molecular formula is C14H26O3. The molecule has 0 spiro atoms. The molecule has 1 saturated heterocycles. The van der Waals surface area contributed by atoms with Crippen molar-refractivity contribution in [2.75, 3.05) is 6.61 Å². The molecule has 0 aromatic carbocycles. The lowest BCUT2D eigenvalue weighted by molar-refractivity contribution is -0.149. The first-order chi connectivity index (χ1) is 8.12. The third-order valence-corrected chi connectivity index (χ3v) is 3.58. The van der Waals surface area contributed by atoms with Crippen molar-refractivity contribution in [1.29, 1.82) is 0 Å². The molecule has 1 atom stereocenters. The van der Waals surface area contributed by atoms with Gasteiger partial charge in [-0.2, -0.15) is 0 Å². The zero-order chi connectivity index (χ0) is 12.9. The van der Waals surface area contributed by atoms with Crippen LogP contribution in [0, 0.1) is 0 Å². The molecule has 0 N–H and O–H groups in total. The van der Waals surface area contributed by atoms with Crippen molar-refractivity contribution in [3.8, 4) is 0 Å². The van der Waals surface area contributed by atoms with Gasteiger partial charge in [0.2, 0.25) is 0 Å². The topological polar surface area (TPSA) is 38.8 Å². The van der Waals surface area contributed by atoms with Crippen LogP contribution in [0.4, 0.5) is 0 Å². The molecule has 100 valence electrons. The first kappa shape index (κ1) is 14.5. The Labute approximate surface area is 105 Å². The molecule has 3 heteroatoms. The molecule has 0 radical (unpaired) electrons. The molecule has 0 saturated carbocycles. The normalized spacial score (nSPS) is 25.6. The Morgan fingerprint density at radius 1 is 1.00 bits per heavy atom. The Hall–Kier alpha value is -0.570. The maximum atomic E-state index is 12.1. The molecule has 17 heavy (non-hydrogen) atoms.